The van der Waals surface area contributed by atoms with E-state index in [2.05, 4.69) is 25.1 Å². The van der Waals surface area contributed by atoms with Crippen molar-refractivity contribution in [2.45, 2.75) is 18.8 Å². The number of ether oxygens (including phenoxy) is 1. The summed E-state index contributed by atoms with van der Waals surface area (Å²) in [5, 5.41) is 6.77. The highest BCUT2D eigenvalue weighted by Gasteiger charge is 2.21. The molecule has 0 amide bonds. The van der Waals surface area contributed by atoms with Crippen molar-refractivity contribution >= 4 is 11.8 Å². The van der Waals surface area contributed by atoms with Gasteiger partial charge < -0.3 is 15.4 Å². The van der Waals surface area contributed by atoms with Gasteiger partial charge in [-0.2, -0.15) is 10.1 Å². The third kappa shape index (κ3) is 3.30. The molecule has 1 aliphatic heterocycles. The van der Waals surface area contributed by atoms with Crippen LogP contribution in [0.25, 0.3) is 0 Å². The largest absolute Gasteiger partial charge is 0.381 e. The van der Waals surface area contributed by atoms with Crippen LogP contribution in [-0.2, 0) is 11.2 Å². The summed E-state index contributed by atoms with van der Waals surface area (Å²) in [4.78, 5) is 10.8. The molecule has 0 saturated carbocycles. The van der Waals surface area contributed by atoms with E-state index in [-0.39, 0.29) is 0 Å². The summed E-state index contributed by atoms with van der Waals surface area (Å²) in [6, 6.07) is 2.02. The van der Waals surface area contributed by atoms with E-state index in [1.807, 2.05) is 25.5 Å². The lowest BCUT2D eigenvalue weighted by Crippen LogP contribution is -2.22. The van der Waals surface area contributed by atoms with Gasteiger partial charge in [-0.15, -0.1) is 0 Å². The van der Waals surface area contributed by atoms with E-state index in [9.17, 15) is 0 Å². The Hall–Kier alpha value is -2.15. The number of hydrogen-bond acceptors (Lipinski definition) is 6. The van der Waals surface area contributed by atoms with Gasteiger partial charge >= 0.3 is 0 Å². The van der Waals surface area contributed by atoms with Crippen LogP contribution in [-0.4, -0.2) is 47.0 Å². The predicted molar refractivity (Wildman–Crippen MR) is 80.2 cm³/mol. The van der Waals surface area contributed by atoms with E-state index in [0.29, 0.717) is 18.5 Å². The lowest BCUT2D eigenvalue weighted by atomic mass is 10.0. The van der Waals surface area contributed by atoms with Gasteiger partial charge in [0.2, 0.25) is 5.95 Å². The number of anilines is 2. The van der Waals surface area contributed by atoms with E-state index < -0.39 is 0 Å². The molecule has 0 spiro atoms. The van der Waals surface area contributed by atoms with Crippen LogP contribution in [0.4, 0.5) is 11.8 Å². The van der Waals surface area contributed by atoms with Gasteiger partial charge in [-0.3, -0.25) is 5.10 Å². The molecule has 2 aromatic rings. The van der Waals surface area contributed by atoms with Crippen molar-refractivity contribution < 1.29 is 4.74 Å². The first kappa shape index (κ1) is 13.8. The standard InChI is InChI=1S/C14H20N6O/c1-20(4-2-10-7-16-17-8-10)13-6-12(18-14(15)19-13)11-3-5-21-9-11/h6-8,11H,2-5,9H2,1H3,(H,16,17)(H2,15,18,19). The van der Waals surface area contributed by atoms with Gasteiger partial charge in [-0.25, -0.2) is 4.98 Å². The van der Waals surface area contributed by atoms with Crippen molar-refractivity contribution in [3.63, 3.8) is 0 Å². The molecular formula is C14H20N6O. The molecular weight excluding hydrogens is 268 g/mol. The molecule has 3 heterocycles. The molecule has 0 radical (unpaired) electrons. The van der Waals surface area contributed by atoms with Crippen LogP contribution in [0.3, 0.4) is 0 Å². The monoisotopic (exact) mass is 288 g/mol. The molecule has 0 aliphatic carbocycles. The molecule has 2 aromatic heterocycles. The van der Waals surface area contributed by atoms with E-state index in [1.54, 1.807) is 0 Å². The van der Waals surface area contributed by atoms with Crippen LogP contribution in [0.5, 0.6) is 0 Å². The summed E-state index contributed by atoms with van der Waals surface area (Å²) < 4.78 is 5.42. The predicted octanol–water partition coefficient (Wildman–Crippen LogP) is 0.965. The van der Waals surface area contributed by atoms with Crippen molar-refractivity contribution in [2.75, 3.05) is 37.4 Å². The van der Waals surface area contributed by atoms with Gasteiger partial charge in [0, 0.05) is 38.4 Å². The number of aromatic nitrogens is 4. The molecule has 1 atom stereocenters. The fourth-order valence-electron chi connectivity index (χ4n) is 2.47. The summed E-state index contributed by atoms with van der Waals surface area (Å²) in [5.74, 6) is 1.51. The molecule has 0 aromatic carbocycles. The average molecular weight is 288 g/mol. The average Bonchev–Trinajstić information content (AvgIpc) is 3.17. The van der Waals surface area contributed by atoms with E-state index in [1.165, 1.54) is 5.56 Å². The Bertz CT molecular complexity index is 579. The molecule has 7 nitrogen and oxygen atoms in total. The fourth-order valence-corrected chi connectivity index (χ4v) is 2.47. The summed E-state index contributed by atoms with van der Waals surface area (Å²) in [6.45, 7) is 2.35. The van der Waals surface area contributed by atoms with Crippen molar-refractivity contribution in [3.05, 3.63) is 29.7 Å². The number of nitrogens with one attached hydrogen (secondary N) is 1. The first-order chi connectivity index (χ1) is 10.2. The maximum absolute atomic E-state index is 5.85. The lowest BCUT2D eigenvalue weighted by molar-refractivity contribution is 0.193. The van der Waals surface area contributed by atoms with Gasteiger partial charge in [0.1, 0.15) is 5.82 Å². The minimum absolute atomic E-state index is 0.324. The zero-order chi connectivity index (χ0) is 14.7. The molecule has 7 heteroatoms. The van der Waals surface area contributed by atoms with Crippen molar-refractivity contribution in [3.8, 4) is 0 Å². The van der Waals surface area contributed by atoms with Crippen molar-refractivity contribution in [1.29, 1.82) is 0 Å². The SMILES string of the molecule is CN(CCc1cn[nH]c1)c1cc(C2CCOC2)nc(N)n1. The van der Waals surface area contributed by atoms with Gasteiger partial charge in [0.05, 0.1) is 18.5 Å². The Labute approximate surface area is 123 Å². The molecule has 1 unspecified atom stereocenters. The molecule has 1 aliphatic rings. The summed E-state index contributed by atoms with van der Waals surface area (Å²) in [5.41, 5.74) is 8.00. The van der Waals surface area contributed by atoms with Gasteiger partial charge in [0.25, 0.3) is 0 Å². The number of nitrogen functional groups attached to an aromatic ring is 1. The first-order valence-electron chi connectivity index (χ1n) is 7.13. The maximum atomic E-state index is 5.85. The van der Waals surface area contributed by atoms with E-state index >= 15 is 0 Å². The van der Waals surface area contributed by atoms with Crippen LogP contribution in [0.15, 0.2) is 18.5 Å². The van der Waals surface area contributed by atoms with Crippen molar-refractivity contribution in [2.24, 2.45) is 0 Å². The number of aromatic amines is 1. The zero-order valence-electron chi connectivity index (χ0n) is 12.1. The molecule has 112 valence electrons. The van der Waals surface area contributed by atoms with E-state index in [0.717, 1.165) is 37.5 Å². The molecule has 1 saturated heterocycles. The summed E-state index contributed by atoms with van der Waals surface area (Å²) in [7, 11) is 2.01. The number of hydrogen-bond donors (Lipinski definition) is 2. The Balaban J connectivity index is 1.71. The first-order valence-corrected chi connectivity index (χ1v) is 7.13. The normalized spacial score (nSPS) is 18.0. The third-order valence-electron chi connectivity index (χ3n) is 3.78. The summed E-state index contributed by atoms with van der Waals surface area (Å²) in [6.07, 6.45) is 5.64. The number of nitrogens with two attached hydrogens (primary N) is 1. The zero-order valence-corrected chi connectivity index (χ0v) is 12.1. The van der Waals surface area contributed by atoms with Crippen LogP contribution in [0.1, 0.15) is 23.6 Å². The van der Waals surface area contributed by atoms with Gasteiger partial charge in [0.15, 0.2) is 0 Å². The highest BCUT2D eigenvalue weighted by atomic mass is 16.5. The highest BCUT2D eigenvalue weighted by Crippen LogP contribution is 2.26. The molecule has 1 fully saturated rings. The van der Waals surface area contributed by atoms with Crippen LogP contribution >= 0.6 is 0 Å². The Morgan fingerprint density at radius 3 is 3.10 bits per heavy atom. The Morgan fingerprint density at radius 1 is 1.48 bits per heavy atom. The minimum Gasteiger partial charge on any atom is -0.381 e. The van der Waals surface area contributed by atoms with Crippen molar-refractivity contribution in [1.82, 2.24) is 20.2 Å². The second-order valence-electron chi connectivity index (χ2n) is 5.35. The van der Waals surface area contributed by atoms with Gasteiger partial charge in [-0.1, -0.05) is 0 Å². The fraction of sp³-hybridized carbons (Fsp3) is 0.500. The number of H-pyrrole nitrogens is 1. The second kappa shape index (κ2) is 6.09. The Kier molecular flexibility index (Phi) is 4.01. The smallest absolute Gasteiger partial charge is 0.222 e. The summed E-state index contributed by atoms with van der Waals surface area (Å²) >= 11 is 0. The van der Waals surface area contributed by atoms with Gasteiger partial charge in [-0.05, 0) is 18.4 Å². The van der Waals surface area contributed by atoms with Crippen LogP contribution in [0, 0.1) is 0 Å². The molecule has 21 heavy (non-hydrogen) atoms. The Morgan fingerprint density at radius 2 is 2.38 bits per heavy atom. The minimum atomic E-state index is 0.324. The second-order valence-corrected chi connectivity index (χ2v) is 5.35. The number of nitrogens with zero attached hydrogens (tertiary/aromatic N) is 4. The molecule has 0 bridgehead atoms. The molecule has 3 N–H and O–H groups in total. The highest BCUT2D eigenvalue weighted by molar-refractivity contribution is 5.43. The van der Waals surface area contributed by atoms with Crippen LogP contribution < -0.4 is 10.6 Å². The van der Waals surface area contributed by atoms with E-state index in [4.69, 9.17) is 10.5 Å². The topological polar surface area (TPSA) is 93.0 Å². The quantitative estimate of drug-likeness (QED) is 0.851. The van der Waals surface area contributed by atoms with Crippen LogP contribution in [0.2, 0.25) is 0 Å². The lowest BCUT2D eigenvalue weighted by Gasteiger charge is -2.19. The number of likely N-dealkylation sites (N-methyl/N-ethyl adjacent to an activating group) is 1. The number of rotatable bonds is 5. The maximum Gasteiger partial charge on any atom is 0.222 e. The molecule has 3 rings (SSSR count). The third-order valence-corrected chi connectivity index (χ3v) is 3.78.